The predicted octanol–water partition coefficient (Wildman–Crippen LogP) is 3.49. The molecular weight excluding hydrogens is 364 g/mol. The van der Waals surface area contributed by atoms with E-state index < -0.39 is 0 Å². The highest BCUT2D eigenvalue weighted by molar-refractivity contribution is 5.94. The van der Waals surface area contributed by atoms with Gasteiger partial charge in [-0.15, -0.1) is 0 Å². The number of benzene rings is 2. The number of carbonyl (C=O) groups excluding carboxylic acids is 2. The summed E-state index contributed by atoms with van der Waals surface area (Å²) < 4.78 is 0. The normalized spacial score (nSPS) is 12.1. The van der Waals surface area contributed by atoms with Crippen LogP contribution in [0.2, 0.25) is 0 Å². The minimum absolute atomic E-state index is 0.109. The molecule has 0 spiro atoms. The van der Waals surface area contributed by atoms with E-state index in [1.165, 1.54) is 6.08 Å². The fourth-order valence-corrected chi connectivity index (χ4v) is 2.69. The Balaban J connectivity index is 1.58. The lowest BCUT2D eigenvalue weighted by molar-refractivity contribution is -0.116. The highest BCUT2D eigenvalue weighted by atomic mass is 16.2. The number of fused-ring (bicyclic) bond motifs is 1. The predicted molar refractivity (Wildman–Crippen MR) is 114 cm³/mol. The van der Waals surface area contributed by atoms with Gasteiger partial charge in [0.05, 0.1) is 22.9 Å². The second-order valence-electron chi connectivity index (χ2n) is 6.82. The van der Waals surface area contributed by atoms with Crippen LogP contribution in [0.5, 0.6) is 0 Å². The van der Waals surface area contributed by atoms with Crippen molar-refractivity contribution in [3.63, 3.8) is 0 Å². The first-order chi connectivity index (χ1) is 14.0. The lowest BCUT2D eigenvalue weighted by atomic mass is 10.1. The second-order valence-corrected chi connectivity index (χ2v) is 6.82. The summed E-state index contributed by atoms with van der Waals surface area (Å²) in [5, 5.41) is 5.76. The van der Waals surface area contributed by atoms with E-state index in [0.717, 1.165) is 23.0 Å². The summed E-state index contributed by atoms with van der Waals surface area (Å²) in [6.07, 6.45) is 5.56. The van der Waals surface area contributed by atoms with Gasteiger partial charge < -0.3 is 10.6 Å². The maximum absolute atomic E-state index is 12.2. The zero-order valence-electron chi connectivity index (χ0n) is 16.6. The van der Waals surface area contributed by atoms with E-state index in [0.29, 0.717) is 17.8 Å². The summed E-state index contributed by atoms with van der Waals surface area (Å²) in [6.45, 7) is 4.32. The van der Waals surface area contributed by atoms with Gasteiger partial charge >= 0.3 is 0 Å². The van der Waals surface area contributed by atoms with Gasteiger partial charge in [-0.05, 0) is 49.2 Å². The molecule has 29 heavy (non-hydrogen) atoms. The Morgan fingerprint density at radius 3 is 2.69 bits per heavy atom. The van der Waals surface area contributed by atoms with E-state index in [2.05, 4.69) is 20.6 Å². The van der Waals surface area contributed by atoms with Crippen LogP contribution in [0.15, 0.2) is 60.8 Å². The zero-order valence-corrected chi connectivity index (χ0v) is 16.6. The fraction of sp³-hybridized carbons (Fsp3) is 0.217. The Morgan fingerprint density at radius 1 is 1.10 bits per heavy atom. The average Bonchev–Trinajstić information content (AvgIpc) is 2.76. The number of hydrogen-bond acceptors (Lipinski definition) is 4. The molecule has 2 N–H and O–H groups in total. The molecule has 0 saturated heterocycles. The fourth-order valence-electron chi connectivity index (χ4n) is 2.69. The van der Waals surface area contributed by atoms with Crippen LogP contribution < -0.4 is 10.6 Å². The molecule has 3 aromatic rings. The lowest BCUT2D eigenvalue weighted by Crippen LogP contribution is -2.32. The Bertz CT molecular complexity index is 1050. The van der Waals surface area contributed by atoms with Crippen molar-refractivity contribution in [3.8, 4) is 0 Å². The summed E-state index contributed by atoms with van der Waals surface area (Å²) in [5.41, 5.74) is 3.64. The van der Waals surface area contributed by atoms with Gasteiger partial charge in [-0.2, -0.15) is 0 Å². The first-order valence-electron chi connectivity index (χ1n) is 9.62. The van der Waals surface area contributed by atoms with Crippen molar-refractivity contribution < 1.29 is 9.59 Å². The van der Waals surface area contributed by atoms with Gasteiger partial charge in [-0.1, -0.05) is 31.2 Å². The van der Waals surface area contributed by atoms with E-state index in [1.54, 1.807) is 24.4 Å². The van der Waals surface area contributed by atoms with Crippen LogP contribution in [-0.2, 0) is 11.3 Å². The maximum Gasteiger partial charge on any atom is 0.251 e. The quantitative estimate of drug-likeness (QED) is 0.607. The minimum atomic E-state index is -0.241. The number of rotatable bonds is 7. The van der Waals surface area contributed by atoms with Crippen molar-refractivity contribution in [3.05, 3.63) is 77.6 Å². The Hall–Kier alpha value is -3.54. The number of carbonyl (C=O) groups is 2. The molecule has 2 amide bonds. The number of para-hydroxylation sites is 2. The number of nitrogens with one attached hydrogen (secondary N) is 2. The van der Waals surface area contributed by atoms with Gasteiger partial charge in [-0.25, -0.2) is 4.98 Å². The Labute approximate surface area is 170 Å². The van der Waals surface area contributed by atoms with Gasteiger partial charge in [-0.3, -0.25) is 14.6 Å². The molecule has 6 heteroatoms. The topological polar surface area (TPSA) is 84.0 Å². The maximum atomic E-state index is 12.2. The van der Waals surface area contributed by atoms with Crippen molar-refractivity contribution >= 4 is 28.9 Å². The van der Waals surface area contributed by atoms with Crippen LogP contribution in [0.4, 0.5) is 0 Å². The van der Waals surface area contributed by atoms with Crippen molar-refractivity contribution in [2.75, 3.05) is 0 Å². The molecule has 3 rings (SSSR count). The van der Waals surface area contributed by atoms with Gasteiger partial charge in [0.15, 0.2) is 0 Å². The Kier molecular flexibility index (Phi) is 6.68. The summed E-state index contributed by atoms with van der Waals surface area (Å²) in [4.78, 5) is 33.1. The second kappa shape index (κ2) is 9.59. The summed E-state index contributed by atoms with van der Waals surface area (Å²) in [7, 11) is 0. The SMILES string of the molecule is CCC(C)NC(=O)c1cccc(CNC(=O)/C=C/c2cnc3ccccc3n2)c1. The molecule has 1 heterocycles. The first kappa shape index (κ1) is 20.2. The van der Waals surface area contributed by atoms with E-state index >= 15 is 0 Å². The molecule has 2 aromatic carbocycles. The molecule has 0 aliphatic heterocycles. The first-order valence-corrected chi connectivity index (χ1v) is 9.62. The number of aromatic nitrogens is 2. The minimum Gasteiger partial charge on any atom is -0.350 e. The summed E-state index contributed by atoms with van der Waals surface area (Å²) >= 11 is 0. The highest BCUT2D eigenvalue weighted by Gasteiger charge is 2.09. The summed E-state index contributed by atoms with van der Waals surface area (Å²) in [5.74, 6) is -0.350. The number of amides is 2. The smallest absolute Gasteiger partial charge is 0.251 e. The van der Waals surface area contributed by atoms with Crippen LogP contribution in [0.1, 0.15) is 41.9 Å². The standard InChI is InChI=1S/C23H24N4O2/c1-3-16(2)26-23(29)18-8-6-7-17(13-18)14-25-22(28)12-11-19-15-24-20-9-4-5-10-21(20)27-19/h4-13,15-16H,3,14H2,1-2H3,(H,25,28)(H,26,29)/b12-11+. The van der Waals surface area contributed by atoms with Crippen LogP contribution in [0, 0.1) is 0 Å². The zero-order chi connectivity index (χ0) is 20.6. The molecule has 0 aliphatic rings. The third-order valence-corrected chi connectivity index (χ3v) is 4.52. The van der Waals surface area contributed by atoms with Gasteiger partial charge in [0.1, 0.15) is 0 Å². The van der Waals surface area contributed by atoms with Crippen molar-refractivity contribution in [2.45, 2.75) is 32.9 Å². The number of nitrogens with zero attached hydrogens (tertiary/aromatic N) is 2. The third kappa shape index (κ3) is 5.72. The van der Waals surface area contributed by atoms with Crippen molar-refractivity contribution in [2.24, 2.45) is 0 Å². The van der Waals surface area contributed by atoms with Crippen LogP contribution >= 0.6 is 0 Å². The van der Waals surface area contributed by atoms with E-state index in [1.807, 2.05) is 50.2 Å². The largest absolute Gasteiger partial charge is 0.350 e. The molecule has 148 valence electrons. The average molecular weight is 388 g/mol. The molecule has 0 fully saturated rings. The molecular formula is C23H24N4O2. The monoisotopic (exact) mass is 388 g/mol. The number of hydrogen-bond donors (Lipinski definition) is 2. The Morgan fingerprint density at radius 2 is 1.90 bits per heavy atom. The third-order valence-electron chi connectivity index (χ3n) is 4.52. The molecule has 0 bridgehead atoms. The molecule has 1 atom stereocenters. The molecule has 6 nitrogen and oxygen atoms in total. The highest BCUT2D eigenvalue weighted by Crippen LogP contribution is 2.09. The molecule has 0 radical (unpaired) electrons. The molecule has 0 saturated carbocycles. The van der Waals surface area contributed by atoms with E-state index in [4.69, 9.17) is 0 Å². The van der Waals surface area contributed by atoms with Crippen LogP contribution in [0.25, 0.3) is 17.1 Å². The molecule has 1 unspecified atom stereocenters. The van der Waals surface area contributed by atoms with E-state index in [-0.39, 0.29) is 17.9 Å². The van der Waals surface area contributed by atoms with E-state index in [9.17, 15) is 9.59 Å². The van der Waals surface area contributed by atoms with Crippen LogP contribution in [-0.4, -0.2) is 27.8 Å². The van der Waals surface area contributed by atoms with Gasteiger partial charge in [0.2, 0.25) is 5.91 Å². The summed E-state index contributed by atoms with van der Waals surface area (Å²) in [6, 6.07) is 14.9. The lowest BCUT2D eigenvalue weighted by Gasteiger charge is -2.12. The van der Waals surface area contributed by atoms with Crippen molar-refractivity contribution in [1.29, 1.82) is 0 Å². The van der Waals surface area contributed by atoms with Crippen molar-refractivity contribution in [1.82, 2.24) is 20.6 Å². The van der Waals surface area contributed by atoms with Gasteiger partial charge in [0, 0.05) is 24.2 Å². The molecule has 0 aliphatic carbocycles. The molecule has 1 aromatic heterocycles. The van der Waals surface area contributed by atoms with Gasteiger partial charge in [0.25, 0.3) is 5.91 Å². The van der Waals surface area contributed by atoms with Crippen LogP contribution in [0.3, 0.4) is 0 Å².